The molecule has 0 N–H and O–H groups in total. The second-order valence-electron chi connectivity index (χ2n) is 18.1. The van der Waals surface area contributed by atoms with Gasteiger partial charge >= 0.3 is 0 Å². The molecule has 12 aromatic carbocycles. The Balaban J connectivity index is 1.08. The van der Waals surface area contributed by atoms with Crippen molar-refractivity contribution in [2.24, 2.45) is 0 Å². The van der Waals surface area contributed by atoms with Gasteiger partial charge in [-0.05, 0) is 136 Å². The minimum Gasteiger partial charge on any atom is -0.310 e. The lowest BCUT2D eigenvalue weighted by atomic mass is 9.74. The molecule has 1 unspecified atom stereocenters. The monoisotopic (exact) mass is 851 g/mol. The molecule has 0 fully saturated rings. The summed E-state index contributed by atoms with van der Waals surface area (Å²) in [6, 6.07) is 94.2. The summed E-state index contributed by atoms with van der Waals surface area (Å²) in [7, 11) is 0. The highest BCUT2D eigenvalue weighted by atomic mass is 15.1. The third-order valence-corrected chi connectivity index (χ3v) is 14.5. The lowest BCUT2D eigenvalue weighted by molar-refractivity contribution is 0.714. The molecule has 1 heteroatoms. The van der Waals surface area contributed by atoms with Gasteiger partial charge < -0.3 is 4.90 Å². The van der Waals surface area contributed by atoms with Gasteiger partial charge in [-0.2, -0.15) is 0 Å². The molecule has 0 aromatic heterocycles. The van der Waals surface area contributed by atoms with Crippen LogP contribution in [0.15, 0.2) is 255 Å². The van der Waals surface area contributed by atoms with Gasteiger partial charge in [0.05, 0.1) is 5.69 Å². The number of anilines is 3. The molecule has 0 saturated carbocycles. The molecule has 0 aliphatic heterocycles. The predicted octanol–water partition coefficient (Wildman–Crippen LogP) is 18.1. The fourth-order valence-electron chi connectivity index (χ4n) is 11.4. The Morgan fingerprint density at radius 1 is 0.299 bits per heavy atom. The van der Waals surface area contributed by atoms with E-state index in [9.17, 15) is 0 Å². The predicted molar refractivity (Wildman–Crippen MR) is 285 cm³/mol. The van der Waals surface area contributed by atoms with Crippen LogP contribution in [0, 0.1) is 0 Å². The summed E-state index contributed by atoms with van der Waals surface area (Å²) < 4.78 is 0. The highest BCUT2D eigenvalue weighted by molar-refractivity contribution is 6.22. The Bertz CT molecular complexity index is 3850. The number of hydrogen-bond donors (Lipinski definition) is 0. The third kappa shape index (κ3) is 6.09. The summed E-state index contributed by atoms with van der Waals surface area (Å²) in [5.74, 6) is 0. The van der Waals surface area contributed by atoms with Crippen molar-refractivity contribution in [3.05, 3.63) is 271 Å². The van der Waals surface area contributed by atoms with Crippen LogP contribution in [-0.2, 0) is 5.41 Å². The fraction of sp³-hybridized carbons (Fsp3) is 0.0303. The van der Waals surface area contributed by atoms with Crippen molar-refractivity contribution in [2.45, 2.75) is 12.3 Å². The molecule has 1 aliphatic rings. The molecule has 0 bridgehead atoms. The summed E-state index contributed by atoms with van der Waals surface area (Å²) in [6.07, 6.45) is 0. The fourth-order valence-corrected chi connectivity index (χ4v) is 11.4. The molecule has 314 valence electrons. The van der Waals surface area contributed by atoms with Gasteiger partial charge in [0.2, 0.25) is 0 Å². The van der Waals surface area contributed by atoms with E-state index in [1.165, 1.54) is 104 Å². The first-order chi connectivity index (χ1) is 33.1. The number of hydrogen-bond acceptors (Lipinski definition) is 1. The summed E-state index contributed by atoms with van der Waals surface area (Å²) in [5.41, 5.74) is 16.8. The molecule has 1 nitrogen and oxygen atoms in total. The zero-order valence-corrected chi connectivity index (χ0v) is 37.2. The van der Waals surface area contributed by atoms with Gasteiger partial charge in [0.15, 0.2) is 0 Å². The molecule has 0 radical (unpaired) electrons. The lowest BCUT2D eigenvalue weighted by Gasteiger charge is -2.31. The van der Waals surface area contributed by atoms with Crippen LogP contribution in [0.25, 0.3) is 87.6 Å². The third-order valence-electron chi connectivity index (χ3n) is 14.5. The molecule has 1 atom stereocenters. The Hall–Kier alpha value is -8.52. The first kappa shape index (κ1) is 38.9. The number of nitrogens with zero attached hydrogens (tertiary/aromatic N) is 1. The molecule has 0 saturated heterocycles. The zero-order chi connectivity index (χ0) is 44.5. The summed E-state index contributed by atoms with van der Waals surface area (Å²) in [6.45, 7) is 2.40. The molecule has 12 aromatic rings. The average Bonchev–Trinajstić information content (AvgIpc) is 3.67. The summed E-state index contributed by atoms with van der Waals surface area (Å²) in [5, 5.41) is 10.0. The maximum absolute atomic E-state index is 2.51. The van der Waals surface area contributed by atoms with Gasteiger partial charge in [-0.3, -0.25) is 0 Å². The Morgan fingerprint density at radius 3 is 1.58 bits per heavy atom. The Labute approximate surface area is 391 Å². The molecule has 0 amide bonds. The normalized spacial score (nSPS) is 14.1. The maximum Gasteiger partial charge on any atom is 0.0543 e. The van der Waals surface area contributed by atoms with Gasteiger partial charge in [-0.15, -0.1) is 0 Å². The standard InChI is InChI=1S/C66H45N/c1-66(48-24-9-4-10-25-48)60-32-16-15-29-58(60)65-61(66)33-18-34-62(65)67(49-38-35-45(36-39-49)52-30-17-31-53-51-26-12-11-19-44(51)37-41-55(52)53)50-40-42-56-54-27-13-14-28-57(54)63(46-20-5-2-6-21-46)64(59(56)43-50)47-22-7-3-8-23-47/h2-43H,1H3. The molecule has 0 spiro atoms. The second kappa shape index (κ2) is 15.6. The molecule has 13 rings (SSSR count). The van der Waals surface area contributed by atoms with Crippen molar-refractivity contribution in [3.8, 4) is 44.5 Å². The van der Waals surface area contributed by atoms with Crippen LogP contribution in [0.4, 0.5) is 17.1 Å². The number of rotatable bonds is 7. The molecular formula is C66H45N. The van der Waals surface area contributed by atoms with Crippen molar-refractivity contribution in [1.29, 1.82) is 0 Å². The van der Waals surface area contributed by atoms with Gasteiger partial charge in [0.25, 0.3) is 0 Å². The van der Waals surface area contributed by atoms with E-state index in [0.29, 0.717) is 0 Å². The van der Waals surface area contributed by atoms with E-state index in [1.54, 1.807) is 0 Å². The Morgan fingerprint density at radius 2 is 0.821 bits per heavy atom. The van der Waals surface area contributed by atoms with Gasteiger partial charge in [0.1, 0.15) is 0 Å². The van der Waals surface area contributed by atoms with E-state index >= 15 is 0 Å². The largest absolute Gasteiger partial charge is 0.310 e. The number of benzene rings is 12. The summed E-state index contributed by atoms with van der Waals surface area (Å²) >= 11 is 0. The van der Waals surface area contributed by atoms with Crippen LogP contribution in [0.1, 0.15) is 23.6 Å². The minimum absolute atomic E-state index is 0.343. The quantitative estimate of drug-likeness (QED) is 0.144. The smallest absolute Gasteiger partial charge is 0.0543 e. The van der Waals surface area contributed by atoms with Crippen molar-refractivity contribution < 1.29 is 0 Å². The van der Waals surface area contributed by atoms with Gasteiger partial charge in [0, 0.05) is 22.4 Å². The summed E-state index contributed by atoms with van der Waals surface area (Å²) in [4.78, 5) is 2.51. The van der Waals surface area contributed by atoms with Crippen LogP contribution < -0.4 is 4.90 Å². The van der Waals surface area contributed by atoms with E-state index in [-0.39, 0.29) is 5.41 Å². The highest BCUT2D eigenvalue weighted by Crippen LogP contribution is 2.57. The first-order valence-electron chi connectivity index (χ1n) is 23.3. The SMILES string of the molecule is CC1(c2ccccc2)c2ccccc2-c2c(N(c3ccc(-c4cccc5c4ccc4ccccc45)cc3)c3ccc4c(c3)c(-c3ccccc3)c(-c3ccccc3)c3ccccc34)cccc21. The van der Waals surface area contributed by atoms with Gasteiger partial charge in [-0.25, -0.2) is 0 Å². The van der Waals surface area contributed by atoms with Crippen LogP contribution in [0.5, 0.6) is 0 Å². The van der Waals surface area contributed by atoms with Crippen molar-refractivity contribution >= 4 is 60.2 Å². The Kier molecular flexibility index (Phi) is 9.05. The number of fused-ring (bicyclic) bond motifs is 9. The van der Waals surface area contributed by atoms with Crippen molar-refractivity contribution in [1.82, 2.24) is 0 Å². The van der Waals surface area contributed by atoms with E-state index in [4.69, 9.17) is 0 Å². The molecule has 67 heavy (non-hydrogen) atoms. The zero-order valence-electron chi connectivity index (χ0n) is 37.2. The second-order valence-corrected chi connectivity index (χ2v) is 18.1. The van der Waals surface area contributed by atoms with Crippen LogP contribution >= 0.6 is 0 Å². The maximum atomic E-state index is 2.51. The highest BCUT2D eigenvalue weighted by Gasteiger charge is 2.42. The molecule has 1 aliphatic carbocycles. The van der Waals surface area contributed by atoms with Crippen LogP contribution in [-0.4, -0.2) is 0 Å². The minimum atomic E-state index is -0.343. The van der Waals surface area contributed by atoms with E-state index in [2.05, 4.69) is 267 Å². The van der Waals surface area contributed by atoms with Crippen molar-refractivity contribution in [2.75, 3.05) is 4.90 Å². The van der Waals surface area contributed by atoms with Crippen LogP contribution in [0.2, 0.25) is 0 Å². The lowest BCUT2D eigenvalue weighted by Crippen LogP contribution is -2.22. The van der Waals surface area contributed by atoms with Crippen molar-refractivity contribution in [3.63, 3.8) is 0 Å². The average molecular weight is 852 g/mol. The van der Waals surface area contributed by atoms with Gasteiger partial charge in [-0.1, -0.05) is 224 Å². The van der Waals surface area contributed by atoms with E-state index in [1.807, 2.05) is 0 Å². The molecule has 0 heterocycles. The van der Waals surface area contributed by atoms with Crippen LogP contribution in [0.3, 0.4) is 0 Å². The van der Waals surface area contributed by atoms with E-state index < -0.39 is 0 Å². The molecular weight excluding hydrogens is 807 g/mol. The topological polar surface area (TPSA) is 3.24 Å². The first-order valence-corrected chi connectivity index (χ1v) is 23.3. The van der Waals surface area contributed by atoms with E-state index in [0.717, 1.165) is 17.1 Å².